The van der Waals surface area contributed by atoms with Gasteiger partial charge < -0.3 is 9.73 Å². The van der Waals surface area contributed by atoms with Gasteiger partial charge >= 0.3 is 0 Å². The number of amides is 1. The van der Waals surface area contributed by atoms with Crippen molar-refractivity contribution >= 4 is 38.6 Å². The van der Waals surface area contributed by atoms with Crippen LogP contribution in [0.5, 0.6) is 0 Å². The number of benzene rings is 1. The summed E-state index contributed by atoms with van der Waals surface area (Å²) in [6, 6.07) is 6.96. The fourth-order valence-electron chi connectivity index (χ4n) is 1.70. The maximum absolute atomic E-state index is 12.0. The van der Waals surface area contributed by atoms with E-state index < -0.39 is 0 Å². The van der Waals surface area contributed by atoms with Gasteiger partial charge in [-0.1, -0.05) is 0 Å². The van der Waals surface area contributed by atoms with Crippen molar-refractivity contribution in [1.82, 2.24) is 9.97 Å². The van der Waals surface area contributed by atoms with Crippen LogP contribution in [-0.4, -0.2) is 15.9 Å². The molecule has 0 aliphatic rings. The molecule has 0 aliphatic carbocycles. The number of rotatable bonds is 2. The van der Waals surface area contributed by atoms with Crippen LogP contribution in [0.1, 0.15) is 10.4 Å². The summed E-state index contributed by atoms with van der Waals surface area (Å²) >= 11 is 3.17. The Hall–Kier alpha value is -2.21. The number of carbonyl (C=O) groups is 1. The Morgan fingerprint density at radius 3 is 2.68 bits per heavy atom. The van der Waals surface area contributed by atoms with Crippen LogP contribution >= 0.6 is 15.9 Å². The largest absolute Gasteiger partial charge is 0.457 e. The van der Waals surface area contributed by atoms with Crippen LogP contribution in [0.3, 0.4) is 0 Å². The summed E-state index contributed by atoms with van der Waals surface area (Å²) in [4.78, 5) is 20.4. The molecule has 0 unspecified atom stereocenters. The van der Waals surface area contributed by atoms with Crippen molar-refractivity contribution < 1.29 is 9.21 Å². The zero-order chi connectivity index (χ0) is 13.2. The van der Waals surface area contributed by atoms with E-state index >= 15 is 0 Å². The first-order chi connectivity index (χ1) is 9.24. The van der Waals surface area contributed by atoms with Crippen LogP contribution in [-0.2, 0) is 0 Å². The second-order valence-corrected chi connectivity index (χ2v) is 4.54. The maximum atomic E-state index is 12.0. The molecule has 2 aromatic heterocycles. The molecule has 0 spiro atoms. The molecule has 6 heteroatoms. The summed E-state index contributed by atoms with van der Waals surface area (Å²) in [5.41, 5.74) is 2.61. The molecule has 1 amide bonds. The second-order valence-electron chi connectivity index (χ2n) is 3.82. The highest BCUT2D eigenvalue weighted by Crippen LogP contribution is 2.20. The van der Waals surface area contributed by atoms with Crippen molar-refractivity contribution in [2.45, 2.75) is 0 Å². The van der Waals surface area contributed by atoms with E-state index in [1.165, 1.54) is 6.26 Å². The quantitative estimate of drug-likeness (QED) is 0.787. The maximum Gasteiger partial charge on any atom is 0.260 e. The van der Waals surface area contributed by atoms with Gasteiger partial charge in [0.2, 0.25) is 0 Å². The summed E-state index contributed by atoms with van der Waals surface area (Å²) in [5.74, 6) is -0.246. The minimum Gasteiger partial charge on any atom is -0.457 e. The van der Waals surface area contributed by atoms with Gasteiger partial charge in [0.25, 0.3) is 5.91 Å². The molecule has 3 aromatic rings. The summed E-state index contributed by atoms with van der Waals surface area (Å²) in [7, 11) is 0. The smallest absolute Gasteiger partial charge is 0.260 e. The first-order valence-electron chi connectivity index (χ1n) is 5.49. The fraction of sp³-hybridized carbons (Fsp3) is 0. The lowest BCUT2D eigenvalue weighted by molar-refractivity contribution is 0.102. The summed E-state index contributed by atoms with van der Waals surface area (Å²) in [6.45, 7) is 0. The summed E-state index contributed by atoms with van der Waals surface area (Å²) < 4.78 is 5.44. The highest BCUT2D eigenvalue weighted by Gasteiger charge is 2.12. The monoisotopic (exact) mass is 317 g/mol. The second kappa shape index (κ2) is 4.81. The van der Waals surface area contributed by atoms with Crippen LogP contribution in [0.2, 0.25) is 0 Å². The van der Waals surface area contributed by atoms with E-state index in [4.69, 9.17) is 4.42 Å². The van der Waals surface area contributed by atoms with Crippen LogP contribution in [0.15, 0.2) is 52.0 Å². The number of anilines is 1. The third kappa shape index (κ3) is 2.34. The zero-order valence-corrected chi connectivity index (χ0v) is 11.2. The van der Waals surface area contributed by atoms with E-state index in [9.17, 15) is 4.79 Å². The standard InChI is InChI=1S/C13H8BrN3O2/c14-12-9(3-6-19-12)13(18)17-8-1-2-10-11(7-8)16-5-4-15-10/h1-7H,(H,17,18). The molecule has 94 valence electrons. The van der Waals surface area contributed by atoms with Crippen molar-refractivity contribution in [3.63, 3.8) is 0 Å². The molecule has 0 radical (unpaired) electrons. The molecule has 0 fully saturated rings. The van der Waals surface area contributed by atoms with E-state index in [1.807, 2.05) is 6.07 Å². The van der Waals surface area contributed by atoms with Crippen LogP contribution in [0, 0.1) is 0 Å². The topological polar surface area (TPSA) is 68.0 Å². The van der Waals surface area contributed by atoms with Crippen molar-refractivity contribution in [1.29, 1.82) is 0 Å². The lowest BCUT2D eigenvalue weighted by Gasteiger charge is -2.04. The van der Waals surface area contributed by atoms with E-state index in [2.05, 4.69) is 31.2 Å². The highest BCUT2D eigenvalue weighted by molar-refractivity contribution is 9.10. The van der Waals surface area contributed by atoms with Gasteiger partial charge in [-0.2, -0.15) is 0 Å². The minimum absolute atomic E-state index is 0.246. The molecule has 0 saturated heterocycles. The first-order valence-corrected chi connectivity index (χ1v) is 6.28. The van der Waals surface area contributed by atoms with Gasteiger partial charge in [-0.05, 0) is 40.2 Å². The highest BCUT2D eigenvalue weighted by atomic mass is 79.9. The average molecular weight is 318 g/mol. The fourth-order valence-corrected chi connectivity index (χ4v) is 2.12. The van der Waals surface area contributed by atoms with Crippen molar-refractivity contribution in [2.24, 2.45) is 0 Å². The van der Waals surface area contributed by atoms with E-state index in [1.54, 1.807) is 30.6 Å². The number of nitrogens with one attached hydrogen (secondary N) is 1. The molecule has 0 bridgehead atoms. The van der Waals surface area contributed by atoms with E-state index in [-0.39, 0.29) is 5.91 Å². The predicted octanol–water partition coefficient (Wildman–Crippen LogP) is 3.24. The van der Waals surface area contributed by atoms with Crippen LogP contribution in [0.25, 0.3) is 11.0 Å². The molecular formula is C13H8BrN3O2. The minimum atomic E-state index is -0.246. The first kappa shape index (κ1) is 11.9. The Kier molecular flexibility index (Phi) is 3.00. The molecule has 1 N–H and O–H groups in total. The predicted molar refractivity (Wildman–Crippen MR) is 73.9 cm³/mol. The number of hydrogen-bond donors (Lipinski definition) is 1. The number of hydrogen-bond acceptors (Lipinski definition) is 4. The lowest BCUT2D eigenvalue weighted by atomic mass is 10.2. The Balaban J connectivity index is 1.89. The van der Waals surface area contributed by atoms with Gasteiger partial charge in [0.05, 0.1) is 22.9 Å². The number of halogens is 1. The molecule has 0 saturated carbocycles. The summed E-state index contributed by atoms with van der Waals surface area (Å²) in [5, 5.41) is 2.78. The molecular weight excluding hydrogens is 310 g/mol. The molecule has 5 nitrogen and oxygen atoms in total. The summed E-state index contributed by atoms with van der Waals surface area (Å²) in [6.07, 6.45) is 4.69. The SMILES string of the molecule is O=C(Nc1ccc2nccnc2c1)c1ccoc1Br. The molecule has 1 aromatic carbocycles. The average Bonchev–Trinajstić information content (AvgIpc) is 2.85. The molecule has 3 rings (SSSR count). The number of fused-ring (bicyclic) bond motifs is 1. The van der Waals surface area contributed by atoms with Gasteiger partial charge in [0, 0.05) is 18.1 Å². The molecule has 2 heterocycles. The number of aromatic nitrogens is 2. The van der Waals surface area contributed by atoms with E-state index in [0.29, 0.717) is 15.9 Å². The van der Waals surface area contributed by atoms with Crippen molar-refractivity contribution in [2.75, 3.05) is 5.32 Å². The van der Waals surface area contributed by atoms with Gasteiger partial charge in [-0.3, -0.25) is 14.8 Å². The lowest BCUT2D eigenvalue weighted by Crippen LogP contribution is -2.11. The molecule has 0 atom stereocenters. The Morgan fingerprint density at radius 2 is 1.95 bits per heavy atom. The van der Waals surface area contributed by atoms with Crippen molar-refractivity contribution in [3.05, 3.63) is 53.2 Å². The third-order valence-corrected chi connectivity index (χ3v) is 3.20. The molecule has 19 heavy (non-hydrogen) atoms. The number of nitrogens with zero attached hydrogens (tertiary/aromatic N) is 2. The van der Waals surface area contributed by atoms with Crippen LogP contribution in [0.4, 0.5) is 5.69 Å². The van der Waals surface area contributed by atoms with Gasteiger partial charge in [-0.25, -0.2) is 0 Å². The van der Waals surface area contributed by atoms with Gasteiger partial charge in [-0.15, -0.1) is 0 Å². The third-order valence-electron chi connectivity index (χ3n) is 2.59. The van der Waals surface area contributed by atoms with Gasteiger partial charge in [0.15, 0.2) is 4.67 Å². The normalized spacial score (nSPS) is 10.6. The Labute approximate surface area is 116 Å². The molecule has 0 aliphatic heterocycles. The van der Waals surface area contributed by atoms with Crippen LogP contribution < -0.4 is 5.32 Å². The van der Waals surface area contributed by atoms with E-state index in [0.717, 1.165) is 11.0 Å². The van der Waals surface area contributed by atoms with Gasteiger partial charge in [0.1, 0.15) is 0 Å². The number of furan rings is 1. The zero-order valence-electron chi connectivity index (χ0n) is 9.63. The number of carbonyl (C=O) groups excluding carboxylic acids is 1. The Morgan fingerprint density at radius 1 is 1.16 bits per heavy atom. The van der Waals surface area contributed by atoms with Crippen molar-refractivity contribution in [3.8, 4) is 0 Å². The Bertz CT molecular complexity index is 754.